The highest BCUT2D eigenvalue weighted by atomic mass is 15.3. The Kier molecular flexibility index (Phi) is 3.29. The number of nitrogens with zero attached hydrogens (tertiary/aromatic N) is 4. The lowest BCUT2D eigenvalue weighted by Gasteiger charge is -2.33. The summed E-state index contributed by atoms with van der Waals surface area (Å²) in [6.45, 7) is 4.13. The van der Waals surface area contributed by atoms with Gasteiger partial charge in [0.1, 0.15) is 5.52 Å². The molecule has 0 spiro atoms. The molecular formula is C18H20N4. The number of rotatable bonds is 2. The zero-order chi connectivity index (χ0) is 14.9. The summed E-state index contributed by atoms with van der Waals surface area (Å²) in [4.78, 5) is 7.01. The SMILES string of the molecule is Cc1cc2c(N3CCC(c4ccccc4)CC3)nccn2n1. The molecule has 4 heteroatoms. The first kappa shape index (κ1) is 13.3. The molecule has 0 N–H and O–H groups in total. The van der Waals surface area contributed by atoms with Crippen LogP contribution in [0.5, 0.6) is 0 Å². The number of hydrogen-bond acceptors (Lipinski definition) is 3. The van der Waals surface area contributed by atoms with Gasteiger partial charge in [0.05, 0.1) is 5.69 Å². The molecular weight excluding hydrogens is 272 g/mol. The molecule has 0 aliphatic carbocycles. The summed E-state index contributed by atoms with van der Waals surface area (Å²) in [6, 6.07) is 13.0. The Labute approximate surface area is 130 Å². The molecule has 0 atom stereocenters. The molecule has 22 heavy (non-hydrogen) atoms. The Hall–Kier alpha value is -2.36. The molecule has 1 aliphatic rings. The Morgan fingerprint density at radius 1 is 1.09 bits per heavy atom. The number of aromatic nitrogens is 3. The number of benzene rings is 1. The molecule has 1 fully saturated rings. The van der Waals surface area contributed by atoms with Crippen molar-refractivity contribution in [2.75, 3.05) is 18.0 Å². The van der Waals surface area contributed by atoms with Gasteiger partial charge in [0.2, 0.25) is 0 Å². The summed E-state index contributed by atoms with van der Waals surface area (Å²) < 4.78 is 1.93. The van der Waals surface area contributed by atoms with Gasteiger partial charge in [-0.25, -0.2) is 9.50 Å². The van der Waals surface area contributed by atoms with E-state index in [4.69, 9.17) is 0 Å². The van der Waals surface area contributed by atoms with E-state index < -0.39 is 0 Å². The quantitative estimate of drug-likeness (QED) is 0.725. The summed E-state index contributed by atoms with van der Waals surface area (Å²) in [7, 11) is 0. The minimum atomic E-state index is 0.670. The second-order valence-electron chi connectivity index (χ2n) is 6.04. The van der Waals surface area contributed by atoms with Crippen LogP contribution in [-0.4, -0.2) is 27.7 Å². The summed E-state index contributed by atoms with van der Waals surface area (Å²) in [5.74, 6) is 1.73. The van der Waals surface area contributed by atoms with Crippen LogP contribution in [0.3, 0.4) is 0 Å². The fourth-order valence-electron chi connectivity index (χ4n) is 3.42. The number of aryl methyl sites for hydroxylation is 1. The van der Waals surface area contributed by atoms with E-state index in [1.807, 2.05) is 23.8 Å². The molecule has 3 aromatic rings. The zero-order valence-electron chi connectivity index (χ0n) is 12.8. The van der Waals surface area contributed by atoms with E-state index in [0.29, 0.717) is 5.92 Å². The van der Waals surface area contributed by atoms with Crippen LogP contribution in [0.4, 0.5) is 5.82 Å². The summed E-state index contributed by atoms with van der Waals surface area (Å²) in [6.07, 6.45) is 6.13. The number of anilines is 1. The van der Waals surface area contributed by atoms with Gasteiger partial charge in [-0.15, -0.1) is 0 Å². The fraction of sp³-hybridized carbons (Fsp3) is 0.333. The molecule has 112 valence electrons. The highest BCUT2D eigenvalue weighted by Gasteiger charge is 2.22. The average molecular weight is 292 g/mol. The van der Waals surface area contributed by atoms with Gasteiger partial charge in [0.25, 0.3) is 0 Å². The van der Waals surface area contributed by atoms with E-state index in [-0.39, 0.29) is 0 Å². The maximum atomic E-state index is 4.61. The maximum Gasteiger partial charge on any atom is 0.154 e. The van der Waals surface area contributed by atoms with Crippen molar-refractivity contribution in [1.29, 1.82) is 0 Å². The van der Waals surface area contributed by atoms with Gasteiger partial charge in [0.15, 0.2) is 5.82 Å². The molecule has 3 heterocycles. The van der Waals surface area contributed by atoms with Crippen LogP contribution < -0.4 is 4.90 Å². The predicted octanol–water partition coefficient (Wildman–Crippen LogP) is 3.42. The third-order valence-electron chi connectivity index (χ3n) is 4.56. The van der Waals surface area contributed by atoms with Gasteiger partial charge in [-0.05, 0) is 37.3 Å². The predicted molar refractivity (Wildman–Crippen MR) is 88.4 cm³/mol. The van der Waals surface area contributed by atoms with E-state index in [0.717, 1.165) is 30.1 Å². The topological polar surface area (TPSA) is 33.4 Å². The Morgan fingerprint density at radius 2 is 1.86 bits per heavy atom. The van der Waals surface area contributed by atoms with Crippen molar-refractivity contribution in [2.45, 2.75) is 25.7 Å². The standard InChI is InChI=1S/C18H20N4/c1-14-13-17-18(19-9-12-22(17)20-14)21-10-7-16(8-11-21)15-5-3-2-4-6-15/h2-6,9,12-13,16H,7-8,10-11H2,1H3. The van der Waals surface area contributed by atoms with Crippen molar-refractivity contribution in [3.05, 3.63) is 60.0 Å². The van der Waals surface area contributed by atoms with Crippen LogP contribution in [0.2, 0.25) is 0 Å². The van der Waals surface area contributed by atoms with Gasteiger partial charge >= 0.3 is 0 Å². The summed E-state index contributed by atoms with van der Waals surface area (Å²) in [5.41, 5.74) is 3.61. The summed E-state index contributed by atoms with van der Waals surface area (Å²) >= 11 is 0. The molecule has 4 rings (SSSR count). The highest BCUT2D eigenvalue weighted by Crippen LogP contribution is 2.31. The number of piperidine rings is 1. The minimum Gasteiger partial charge on any atom is -0.355 e. The lowest BCUT2D eigenvalue weighted by molar-refractivity contribution is 0.503. The molecule has 0 unspecified atom stereocenters. The maximum absolute atomic E-state index is 4.61. The van der Waals surface area contributed by atoms with Crippen LogP contribution in [-0.2, 0) is 0 Å². The smallest absolute Gasteiger partial charge is 0.154 e. The molecule has 0 saturated carbocycles. The number of hydrogen-bond donors (Lipinski definition) is 0. The van der Waals surface area contributed by atoms with Crippen molar-refractivity contribution in [1.82, 2.24) is 14.6 Å². The van der Waals surface area contributed by atoms with Crippen molar-refractivity contribution in [3.8, 4) is 0 Å². The van der Waals surface area contributed by atoms with E-state index >= 15 is 0 Å². The largest absolute Gasteiger partial charge is 0.355 e. The van der Waals surface area contributed by atoms with Crippen molar-refractivity contribution in [3.63, 3.8) is 0 Å². The lowest BCUT2D eigenvalue weighted by atomic mass is 9.89. The van der Waals surface area contributed by atoms with Crippen molar-refractivity contribution in [2.24, 2.45) is 0 Å². The van der Waals surface area contributed by atoms with Gasteiger partial charge in [-0.2, -0.15) is 5.10 Å². The fourth-order valence-corrected chi connectivity index (χ4v) is 3.42. The van der Waals surface area contributed by atoms with E-state index in [1.165, 1.54) is 18.4 Å². The first-order valence-corrected chi connectivity index (χ1v) is 7.92. The highest BCUT2D eigenvalue weighted by molar-refractivity contribution is 5.69. The normalized spacial score (nSPS) is 16.3. The van der Waals surface area contributed by atoms with Crippen LogP contribution in [0.25, 0.3) is 5.52 Å². The van der Waals surface area contributed by atoms with Gasteiger partial charge in [0, 0.05) is 25.5 Å². The third-order valence-corrected chi connectivity index (χ3v) is 4.56. The molecule has 0 amide bonds. The van der Waals surface area contributed by atoms with E-state index in [2.05, 4.69) is 51.4 Å². The van der Waals surface area contributed by atoms with Gasteiger partial charge < -0.3 is 4.90 Å². The minimum absolute atomic E-state index is 0.670. The van der Waals surface area contributed by atoms with E-state index in [1.54, 1.807) is 0 Å². The molecule has 0 radical (unpaired) electrons. The Morgan fingerprint density at radius 3 is 2.64 bits per heavy atom. The van der Waals surface area contributed by atoms with Crippen LogP contribution in [0.15, 0.2) is 48.8 Å². The second-order valence-corrected chi connectivity index (χ2v) is 6.04. The van der Waals surface area contributed by atoms with Gasteiger partial charge in [-0.3, -0.25) is 0 Å². The molecule has 1 saturated heterocycles. The number of fused-ring (bicyclic) bond motifs is 1. The van der Waals surface area contributed by atoms with E-state index in [9.17, 15) is 0 Å². The molecule has 2 aromatic heterocycles. The first-order chi connectivity index (χ1) is 10.8. The molecule has 0 bridgehead atoms. The van der Waals surface area contributed by atoms with Crippen LogP contribution >= 0.6 is 0 Å². The molecule has 4 nitrogen and oxygen atoms in total. The Bertz CT molecular complexity index is 770. The zero-order valence-corrected chi connectivity index (χ0v) is 12.8. The third kappa shape index (κ3) is 2.34. The second kappa shape index (κ2) is 5.44. The van der Waals surface area contributed by atoms with Gasteiger partial charge in [-0.1, -0.05) is 30.3 Å². The van der Waals surface area contributed by atoms with Crippen molar-refractivity contribution >= 4 is 11.3 Å². The molecule has 1 aromatic carbocycles. The molecule has 1 aliphatic heterocycles. The first-order valence-electron chi connectivity index (χ1n) is 7.92. The van der Waals surface area contributed by atoms with Crippen LogP contribution in [0, 0.1) is 6.92 Å². The average Bonchev–Trinajstić information content (AvgIpc) is 2.96. The monoisotopic (exact) mass is 292 g/mol. The summed E-state index contributed by atoms with van der Waals surface area (Å²) in [5, 5.41) is 4.48. The van der Waals surface area contributed by atoms with Crippen LogP contribution in [0.1, 0.15) is 30.0 Å². The van der Waals surface area contributed by atoms with Crippen molar-refractivity contribution < 1.29 is 0 Å². The lowest BCUT2D eigenvalue weighted by Crippen LogP contribution is -2.33. The Balaban J connectivity index is 1.56.